The minimum absolute atomic E-state index is 0.0229. The van der Waals surface area contributed by atoms with Crippen molar-refractivity contribution in [2.75, 3.05) is 7.11 Å². The molecular formula is C23H26N2O2Si. The highest BCUT2D eigenvalue weighted by atomic mass is 28.3. The first-order valence-electron chi connectivity index (χ1n) is 9.57. The highest BCUT2D eigenvalue weighted by Crippen LogP contribution is 2.33. The molecule has 0 atom stereocenters. The van der Waals surface area contributed by atoms with E-state index in [0.29, 0.717) is 0 Å². The first-order chi connectivity index (χ1) is 13.5. The van der Waals surface area contributed by atoms with Gasteiger partial charge in [-0.05, 0) is 11.6 Å². The van der Waals surface area contributed by atoms with Crippen LogP contribution < -0.4 is 10.1 Å². The molecule has 0 spiro atoms. The number of rotatable bonds is 5. The van der Waals surface area contributed by atoms with Crippen LogP contribution in [0.3, 0.4) is 0 Å². The standard InChI is InChI=1S/C23H26N2O2Si/c1-27-20-12-8-11-17-21(20)24-13-18-19(15-26)23(28(2,3)4)25(22(17)18)14-16-9-6-5-7-10-16/h5-13,26H,14-15H2,1-4H3. The molecular weight excluding hydrogens is 364 g/mol. The van der Waals surface area contributed by atoms with Crippen molar-refractivity contribution in [2.24, 2.45) is 0 Å². The molecule has 4 aromatic rings. The molecule has 0 radical (unpaired) electrons. The van der Waals surface area contributed by atoms with E-state index >= 15 is 0 Å². The predicted octanol–water partition coefficient (Wildman–Crippen LogP) is 4.28. The molecule has 144 valence electrons. The minimum atomic E-state index is -1.75. The molecule has 0 saturated carbocycles. The average Bonchev–Trinajstić information content (AvgIpc) is 3.02. The van der Waals surface area contributed by atoms with Crippen LogP contribution in [0.4, 0.5) is 0 Å². The smallest absolute Gasteiger partial charge is 0.145 e. The van der Waals surface area contributed by atoms with E-state index in [1.54, 1.807) is 7.11 Å². The lowest BCUT2D eigenvalue weighted by Crippen LogP contribution is -2.45. The fraction of sp³-hybridized carbons (Fsp3) is 0.261. The number of methoxy groups -OCH3 is 1. The zero-order chi connectivity index (χ0) is 19.9. The summed E-state index contributed by atoms with van der Waals surface area (Å²) in [6.07, 6.45) is 1.90. The summed E-state index contributed by atoms with van der Waals surface area (Å²) >= 11 is 0. The first-order valence-corrected chi connectivity index (χ1v) is 13.1. The number of benzene rings is 2. The van der Waals surface area contributed by atoms with Crippen molar-refractivity contribution in [1.29, 1.82) is 0 Å². The number of hydrogen-bond donors (Lipinski definition) is 1. The number of pyridine rings is 1. The molecule has 5 heteroatoms. The lowest BCUT2D eigenvalue weighted by molar-refractivity contribution is 0.284. The third kappa shape index (κ3) is 3.01. The molecule has 0 saturated heterocycles. The van der Waals surface area contributed by atoms with Crippen LogP contribution in [-0.2, 0) is 13.2 Å². The molecule has 2 aromatic heterocycles. The Labute approximate surface area is 166 Å². The topological polar surface area (TPSA) is 47.3 Å². The van der Waals surface area contributed by atoms with Gasteiger partial charge in [0.1, 0.15) is 11.3 Å². The summed E-state index contributed by atoms with van der Waals surface area (Å²) < 4.78 is 7.96. The summed E-state index contributed by atoms with van der Waals surface area (Å²) in [5.41, 5.74) is 4.25. The van der Waals surface area contributed by atoms with Gasteiger partial charge in [0.15, 0.2) is 0 Å². The van der Waals surface area contributed by atoms with Crippen molar-refractivity contribution in [3.05, 3.63) is 65.9 Å². The summed E-state index contributed by atoms with van der Waals surface area (Å²) in [5.74, 6) is 0.770. The number of aliphatic hydroxyl groups excluding tert-OH is 1. The van der Waals surface area contributed by atoms with Gasteiger partial charge in [0, 0.05) is 34.4 Å². The molecule has 1 N–H and O–H groups in total. The van der Waals surface area contributed by atoms with Crippen molar-refractivity contribution in [3.63, 3.8) is 0 Å². The molecule has 2 aromatic carbocycles. The number of nitrogens with zero attached hydrogens (tertiary/aromatic N) is 2. The summed E-state index contributed by atoms with van der Waals surface area (Å²) in [7, 11) is -0.0688. The van der Waals surface area contributed by atoms with Gasteiger partial charge in [0.05, 0.1) is 27.3 Å². The second-order valence-corrected chi connectivity index (χ2v) is 13.2. The highest BCUT2D eigenvalue weighted by Gasteiger charge is 2.29. The Balaban J connectivity index is 2.14. The van der Waals surface area contributed by atoms with Crippen molar-refractivity contribution in [1.82, 2.24) is 9.55 Å². The van der Waals surface area contributed by atoms with Crippen LogP contribution in [0.25, 0.3) is 21.8 Å². The lowest BCUT2D eigenvalue weighted by atomic mass is 10.1. The molecule has 4 nitrogen and oxygen atoms in total. The number of ether oxygens (including phenoxy) is 1. The maximum absolute atomic E-state index is 10.3. The summed E-state index contributed by atoms with van der Waals surface area (Å²) in [4.78, 5) is 4.70. The van der Waals surface area contributed by atoms with Gasteiger partial charge in [-0.25, -0.2) is 0 Å². The average molecular weight is 391 g/mol. The zero-order valence-electron chi connectivity index (χ0n) is 16.9. The molecule has 4 rings (SSSR count). The first kappa shape index (κ1) is 18.7. The highest BCUT2D eigenvalue weighted by molar-refractivity contribution is 6.88. The Morgan fingerprint density at radius 3 is 2.39 bits per heavy atom. The second kappa shape index (κ2) is 7.07. The Morgan fingerprint density at radius 2 is 1.75 bits per heavy atom. The molecule has 0 bridgehead atoms. The van der Waals surface area contributed by atoms with E-state index in [9.17, 15) is 5.11 Å². The van der Waals surface area contributed by atoms with Gasteiger partial charge in [-0.15, -0.1) is 0 Å². The number of aromatic nitrogens is 2. The molecule has 0 aliphatic rings. The third-order valence-electron chi connectivity index (χ3n) is 5.25. The maximum Gasteiger partial charge on any atom is 0.145 e. The van der Waals surface area contributed by atoms with Crippen LogP contribution in [0.1, 0.15) is 11.1 Å². The monoisotopic (exact) mass is 390 g/mol. The number of hydrogen-bond acceptors (Lipinski definition) is 3. The Morgan fingerprint density at radius 1 is 1.00 bits per heavy atom. The fourth-order valence-corrected chi connectivity index (χ4v) is 6.32. The minimum Gasteiger partial charge on any atom is -0.494 e. The van der Waals surface area contributed by atoms with Gasteiger partial charge < -0.3 is 14.4 Å². The van der Waals surface area contributed by atoms with Gasteiger partial charge in [-0.3, -0.25) is 4.98 Å². The van der Waals surface area contributed by atoms with E-state index in [2.05, 4.69) is 54.5 Å². The van der Waals surface area contributed by atoms with Crippen LogP contribution in [-0.4, -0.2) is 29.8 Å². The molecule has 2 heterocycles. The molecule has 28 heavy (non-hydrogen) atoms. The van der Waals surface area contributed by atoms with E-state index < -0.39 is 8.07 Å². The Kier molecular flexibility index (Phi) is 4.73. The van der Waals surface area contributed by atoms with Gasteiger partial charge in [-0.2, -0.15) is 0 Å². The van der Waals surface area contributed by atoms with Gasteiger partial charge >= 0.3 is 0 Å². The molecule has 0 aliphatic heterocycles. The summed E-state index contributed by atoms with van der Waals surface area (Å²) in [6.45, 7) is 7.79. The van der Waals surface area contributed by atoms with E-state index in [0.717, 1.165) is 39.7 Å². The van der Waals surface area contributed by atoms with E-state index in [4.69, 9.17) is 9.72 Å². The Hall–Kier alpha value is -2.63. The van der Waals surface area contributed by atoms with Crippen LogP contribution in [0.2, 0.25) is 19.6 Å². The van der Waals surface area contributed by atoms with Crippen molar-refractivity contribution in [3.8, 4) is 5.75 Å². The molecule has 0 aliphatic carbocycles. The van der Waals surface area contributed by atoms with E-state index in [-0.39, 0.29) is 6.61 Å². The largest absolute Gasteiger partial charge is 0.494 e. The van der Waals surface area contributed by atoms with Crippen molar-refractivity contribution >= 4 is 35.2 Å². The quantitative estimate of drug-likeness (QED) is 0.517. The zero-order valence-corrected chi connectivity index (χ0v) is 17.9. The Bertz CT molecular complexity index is 1140. The molecule has 0 fully saturated rings. The van der Waals surface area contributed by atoms with Gasteiger partial charge in [-0.1, -0.05) is 62.1 Å². The van der Waals surface area contributed by atoms with Crippen molar-refractivity contribution in [2.45, 2.75) is 32.8 Å². The normalized spacial score (nSPS) is 12.0. The predicted molar refractivity (Wildman–Crippen MR) is 118 cm³/mol. The number of para-hydroxylation sites is 1. The van der Waals surface area contributed by atoms with E-state index in [1.807, 2.05) is 24.4 Å². The third-order valence-corrected chi connectivity index (χ3v) is 7.25. The van der Waals surface area contributed by atoms with Crippen LogP contribution in [0.5, 0.6) is 5.75 Å². The fourth-order valence-electron chi connectivity index (χ4n) is 4.20. The molecule has 0 amide bonds. The van der Waals surface area contributed by atoms with E-state index in [1.165, 1.54) is 10.9 Å². The number of fused-ring (bicyclic) bond motifs is 3. The maximum atomic E-state index is 10.3. The second-order valence-electron chi connectivity index (χ2n) is 8.18. The summed E-state index contributed by atoms with van der Waals surface area (Å²) in [6, 6.07) is 16.6. The van der Waals surface area contributed by atoms with Gasteiger partial charge in [0.2, 0.25) is 0 Å². The lowest BCUT2D eigenvalue weighted by Gasteiger charge is -2.22. The molecule has 0 unspecified atom stereocenters. The van der Waals surface area contributed by atoms with Gasteiger partial charge in [0.25, 0.3) is 0 Å². The van der Waals surface area contributed by atoms with Crippen LogP contribution in [0.15, 0.2) is 54.7 Å². The van der Waals surface area contributed by atoms with Crippen molar-refractivity contribution < 1.29 is 9.84 Å². The number of aliphatic hydroxyl groups is 1. The van der Waals surface area contributed by atoms with Crippen LogP contribution in [0, 0.1) is 0 Å². The van der Waals surface area contributed by atoms with Crippen LogP contribution >= 0.6 is 0 Å². The summed E-state index contributed by atoms with van der Waals surface area (Å²) in [5, 5.41) is 13.7. The SMILES string of the molecule is COc1cccc2c1ncc1c(CO)c([Si](C)(C)C)n(Cc3ccccc3)c12.